The number of ether oxygens (including phenoxy) is 1. The number of aliphatic hydroxyl groups excluding tert-OH is 1. The molecule has 1 atom stereocenters. The molecule has 0 bridgehead atoms. The van der Waals surface area contributed by atoms with Crippen molar-refractivity contribution < 1.29 is 32.2 Å². The summed E-state index contributed by atoms with van der Waals surface area (Å²) in [7, 11) is -3.93. The van der Waals surface area contributed by atoms with Crippen LogP contribution in [0.4, 0.5) is 10.1 Å². The number of anilines is 1. The summed E-state index contributed by atoms with van der Waals surface area (Å²) >= 11 is 5.94. The minimum absolute atomic E-state index is 0.0495. The second kappa shape index (κ2) is 13.2. The van der Waals surface area contributed by atoms with E-state index in [9.17, 15) is 22.4 Å². The molecule has 0 aliphatic heterocycles. The third-order valence-corrected chi connectivity index (χ3v) is 7.09. The van der Waals surface area contributed by atoms with E-state index in [4.69, 9.17) is 21.4 Å². The summed E-state index contributed by atoms with van der Waals surface area (Å²) in [6.45, 7) is 1.07. The summed E-state index contributed by atoms with van der Waals surface area (Å²) in [5.74, 6) is -1.18. The largest absolute Gasteiger partial charge is 0.484 e. The summed E-state index contributed by atoms with van der Waals surface area (Å²) in [4.78, 5) is 26.8. The molecule has 0 unspecified atom stereocenters. The standard InChI is InChI=1S/C26H27ClFN3O6S/c1-18(26(34)29-14-15-32)31(16-19-2-4-20(27)5-3-19)25(33)17-37-23-10-12-24(13-11-23)38(35,36)30-22-8-6-21(28)7-9-22/h2-13,18,30,32H,14-17H2,1H3,(H,29,34)/t18-/m0/s1. The molecular weight excluding hydrogens is 537 g/mol. The average Bonchev–Trinajstić information content (AvgIpc) is 2.91. The van der Waals surface area contributed by atoms with Gasteiger partial charge in [0.2, 0.25) is 5.91 Å². The first kappa shape index (κ1) is 28.9. The highest BCUT2D eigenvalue weighted by atomic mass is 35.5. The van der Waals surface area contributed by atoms with Gasteiger partial charge in [-0.1, -0.05) is 23.7 Å². The predicted molar refractivity (Wildman–Crippen MR) is 141 cm³/mol. The van der Waals surface area contributed by atoms with Crippen molar-refractivity contribution in [2.45, 2.75) is 24.4 Å². The van der Waals surface area contributed by atoms with Gasteiger partial charge in [0.25, 0.3) is 15.9 Å². The zero-order valence-corrected chi connectivity index (χ0v) is 22.0. The first-order valence-electron chi connectivity index (χ1n) is 11.5. The number of carbonyl (C=O) groups excluding carboxylic acids is 2. The topological polar surface area (TPSA) is 125 Å². The molecule has 202 valence electrons. The Balaban J connectivity index is 1.67. The van der Waals surface area contributed by atoms with Gasteiger partial charge >= 0.3 is 0 Å². The van der Waals surface area contributed by atoms with Gasteiger partial charge in [-0.2, -0.15) is 0 Å². The third kappa shape index (κ3) is 8.17. The molecule has 3 aromatic carbocycles. The van der Waals surface area contributed by atoms with E-state index >= 15 is 0 Å². The molecule has 0 fully saturated rings. The van der Waals surface area contributed by atoms with Gasteiger partial charge in [-0.25, -0.2) is 12.8 Å². The van der Waals surface area contributed by atoms with Gasteiger partial charge in [-0.15, -0.1) is 0 Å². The number of carbonyl (C=O) groups is 2. The van der Waals surface area contributed by atoms with Crippen LogP contribution in [-0.2, 0) is 26.2 Å². The molecule has 3 aromatic rings. The molecule has 0 saturated heterocycles. The van der Waals surface area contributed by atoms with Gasteiger partial charge in [-0.3, -0.25) is 14.3 Å². The molecule has 0 saturated carbocycles. The molecule has 0 radical (unpaired) electrons. The number of nitrogens with one attached hydrogen (secondary N) is 2. The van der Waals surface area contributed by atoms with Gasteiger partial charge in [0.15, 0.2) is 6.61 Å². The van der Waals surface area contributed by atoms with E-state index in [0.717, 1.165) is 17.7 Å². The van der Waals surface area contributed by atoms with E-state index < -0.39 is 40.3 Å². The minimum atomic E-state index is -3.93. The number of nitrogens with zero attached hydrogens (tertiary/aromatic N) is 1. The van der Waals surface area contributed by atoms with Crippen molar-refractivity contribution in [3.63, 3.8) is 0 Å². The number of hydrogen-bond acceptors (Lipinski definition) is 6. The maximum atomic E-state index is 13.1. The molecule has 0 aromatic heterocycles. The molecule has 0 aliphatic rings. The lowest BCUT2D eigenvalue weighted by molar-refractivity contribution is -0.142. The Bertz CT molecular complexity index is 1340. The molecular formula is C26H27ClFN3O6S. The van der Waals surface area contributed by atoms with Crippen molar-refractivity contribution in [3.05, 3.63) is 89.2 Å². The summed E-state index contributed by atoms with van der Waals surface area (Å²) in [5.41, 5.74) is 0.947. The zero-order valence-electron chi connectivity index (χ0n) is 20.4. The summed E-state index contributed by atoms with van der Waals surface area (Å²) in [6.07, 6.45) is 0. The molecule has 38 heavy (non-hydrogen) atoms. The average molecular weight is 564 g/mol. The SMILES string of the molecule is C[C@@H](C(=O)NCCO)N(Cc1ccc(Cl)cc1)C(=O)COc1ccc(S(=O)(=O)Nc2ccc(F)cc2)cc1. The minimum Gasteiger partial charge on any atom is -0.484 e. The van der Waals surface area contributed by atoms with Crippen LogP contribution in [0.15, 0.2) is 77.7 Å². The van der Waals surface area contributed by atoms with Crippen LogP contribution in [-0.4, -0.2) is 56.0 Å². The van der Waals surface area contributed by atoms with Gasteiger partial charge in [0, 0.05) is 23.8 Å². The van der Waals surface area contributed by atoms with Crippen LogP contribution in [0.25, 0.3) is 0 Å². The number of hydrogen-bond donors (Lipinski definition) is 3. The maximum Gasteiger partial charge on any atom is 0.261 e. The quantitative estimate of drug-likeness (QED) is 0.311. The van der Waals surface area contributed by atoms with Crippen molar-refractivity contribution in [2.75, 3.05) is 24.5 Å². The number of rotatable bonds is 12. The molecule has 0 spiro atoms. The summed E-state index contributed by atoms with van der Waals surface area (Å²) < 4.78 is 46.2. The summed E-state index contributed by atoms with van der Waals surface area (Å²) in [6, 6.07) is 16.2. The normalized spacial score (nSPS) is 11.9. The van der Waals surface area contributed by atoms with Crippen LogP contribution in [0.3, 0.4) is 0 Å². The molecule has 12 heteroatoms. The maximum absolute atomic E-state index is 13.1. The number of sulfonamides is 1. The van der Waals surface area contributed by atoms with Crippen LogP contribution < -0.4 is 14.8 Å². The monoisotopic (exact) mass is 563 g/mol. The number of benzene rings is 3. The van der Waals surface area contributed by atoms with Gasteiger partial charge in [-0.05, 0) is 73.2 Å². The first-order valence-corrected chi connectivity index (χ1v) is 13.4. The van der Waals surface area contributed by atoms with E-state index in [-0.39, 0.29) is 36.0 Å². The molecule has 2 amide bonds. The molecule has 0 aliphatic carbocycles. The lowest BCUT2D eigenvalue weighted by Crippen LogP contribution is -2.49. The highest BCUT2D eigenvalue weighted by Gasteiger charge is 2.26. The van der Waals surface area contributed by atoms with Crippen molar-refractivity contribution in [1.82, 2.24) is 10.2 Å². The van der Waals surface area contributed by atoms with E-state index in [1.807, 2.05) is 0 Å². The van der Waals surface area contributed by atoms with Crippen LogP contribution in [0.1, 0.15) is 12.5 Å². The lowest BCUT2D eigenvalue weighted by Gasteiger charge is -2.28. The molecule has 0 heterocycles. The second-order valence-corrected chi connectivity index (χ2v) is 10.3. The van der Waals surface area contributed by atoms with Crippen LogP contribution in [0.5, 0.6) is 5.75 Å². The third-order valence-electron chi connectivity index (χ3n) is 5.44. The number of amides is 2. The fourth-order valence-electron chi connectivity index (χ4n) is 3.37. The van der Waals surface area contributed by atoms with Crippen LogP contribution >= 0.6 is 11.6 Å². The molecule has 3 rings (SSSR count). The van der Waals surface area contributed by atoms with Crippen molar-refractivity contribution >= 4 is 39.1 Å². The Kier molecular flexibility index (Phi) is 10.1. The zero-order chi connectivity index (χ0) is 27.7. The van der Waals surface area contributed by atoms with Crippen LogP contribution in [0, 0.1) is 5.82 Å². The Morgan fingerprint density at radius 3 is 2.26 bits per heavy atom. The second-order valence-electron chi connectivity index (χ2n) is 8.21. The van der Waals surface area contributed by atoms with E-state index in [1.54, 1.807) is 31.2 Å². The van der Waals surface area contributed by atoms with Gasteiger partial charge in [0.1, 0.15) is 17.6 Å². The van der Waals surface area contributed by atoms with E-state index in [2.05, 4.69) is 10.0 Å². The van der Waals surface area contributed by atoms with Gasteiger partial charge in [0.05, 0.1) is 11.5 Å². The predicted octanol–water partition coefficient (Wildman–Crippen LogP) is 3.18. The van der Waals surface area contributed by atoms with Crippen LogP contribution in [0.2, 0.25) is 5.02 Å². The van der Waals surface area contributed by atoms with Crippen molar-refractivity contribution in [2.24, 2.45) is 0 Å². The Morgan fingerprint density at radius 1 is 1.03 bits per heavy atom. The smallest absolute Gasteiger partial charge is 0.261 e. The lowest BCUT2D eigenvalue weighted by atomic mass is 10.1. The fourth-order valence-corrected chi connectivity index (χ4v) is 4.56. The molecule has 3 N–H and O–H groups in total. The van der Waals surface area contributed by atoms with Crippen molar-refractivity contribution in [3.8, 4) is 5.75 Å². The Labute approximate surface area is 225 Å². The van der Waals surface area contributed by atoms with E-state index in [1.165, 1.54) is 41.3 Å². The fraction of sp³-hybridized carbons (Fsp3) is 0.231. The van der Waals surface area contributed by atoms with E-state index in [0.29, 0.717) is 5.02 Å². The Morgan fingerprint density at radius 2 is 1.66 bits per heavy atom. The van der Waals surface area contributed by atoms with Gasteiger partial charge < -0.3 is 20.1 Å². The van der Waals surface area contributed by atoms with Crippen molar-refractivity contribution in [1.29, 1.82) is 0 Å². The number of halogens is 2. The molecule has 9 nitrogen and oxygen atoms in total. The Hall–Kier alpha value is -3.67. The highest BCUT2D eigenvalue weighted by Crippen LogP contribution is 2.20. The number of aliphatic hydroxyl groups is 1. The highest BCUT2D eigenvalue weighted by molar-refractivity contribution is 7.92. The summed E-state index contributed by atoms with van der Waals surface area (Å²) in [5, 5.41) is 12.1. The first-order chi connectivity index (χ1) is 18.1.